The van der Waals surface area contributed by atoms with Crippen molar-refractivity contribution in [3.05, 3.63) is 64.0 Å². The summed E-state index contributed by atoms with van der Waals surface area (Å²) in [5.74, 6) is 0.0432. The largest absolute Gasteiger partial charge is 0.488 e. The van der Waals surface area contributed by atoms with Crippen LogP contribution in [0.15, 0.2) is 41.8 Å². The molecule has 0 spiro atoms. The molecule has 3 aromatic rings. The average Bonchev–Trinajstić information content (AvgIpc) is 3.60. The SMILES string of the molecule is CCc1cc(C(=O)N2CCN(C)C(=O)C2)ccc1COc1ccc(C)cc1-c1csc(N2C[C@H]3CC[C@@H](C2)C3C(=O)O)n1. The third-order valence-corrected chi connectivity index (χ3v) is 10.2. The van der Waals surface area contributed by atoms with Crippen LogP contribution in [0.2, 0.25) is 0 Å². The van der Waals surface area contributed by atoms with Crippen molar-refractivity contribution >= 4 is 34.3 Å². The lowest BCUT2D eigenvalue weighted by atomic mass is 9.85. The Hall–Kier alpha value is -3.92. The first kappa shape index (κ1) is 29.2. The van der Waals surface area contributed by atoms with E-state index in [1.165, 1.54) is 0 Å². The summed E-state index contributed by atoms with van der Waals surface area (Å²) in [6.07, 6.45) is 2.69. The normalized spacial score (nSPS) is 21.8. The van der Waals surface area contributed by atoms with Crippen LogP contribution in [-0.4, -0.2) is 77.4 Å². The minimum Gasteiger partial charge on any atom is -0.488 e. The Morgan fingerprint density at radius 1 is 1.07 bits per heavy atom. The van der Waals surface area contributed by atoms with Crippen LogP contribution in [0.5, 0.6) is 5.75 Å². The van der Waals surface area contributed by atoms with E-state index >= 15 is 0 Å². The third-order valence-electron chi connectivity index (χ3n) is 9.25. The zero-order valence-electron chi connectivity index (χ0n) is 24.9. The predicted octanol–water partition coefficient (Wildman–Crippen LogP) is 4.72. The number of rotatable bonds is 8. The highest BCUT2D eigenvalue weighted by Crippen LogP contribution is 2.44. The van der Waals surface area contributed by atoms with Crippen molar-refractivity contribution in [3.8, 4) is 17.0 Å². The van der Waals surface area contributed by atoms with E-state index in [1.807, 2.05) is 37.3 Å². The average molecular weight is 603 g/mol. The standard InChI is InChI=1S/C33H38N4O5S/c1-4-21-14-22(31(39)36-12-11-35(3)29(38)17-36)6-9-25(21)18-42-28-10-5-20(2)13-26(28)27-19-43-33(34-27)37-15-23-7-8-24(16-37)30(23)32(40)41/h5-6,9-10,13-14,19,23-24,30H,4,7-8,11-12,15-18H2,1-3H3,(H,40,41)/t23-,24+,30?. The summed E-state index contributed by atoms with van der Waals surface area (Å²) in [6.45, 7) is 7.12. The summed E-state index contributed by atoms with van der Waals surface area (Å²) in [5, 5.41) is 12.7. The zero-order chi connectivity index (χ0) is 30.2. The number of piperidine rings is 1. The van der Waals surface area contributed by atoms with Gasteiger partial charge in [-0.1, -0.05) is 24.6 Å². The summed E-state index contributed by atoms with van der Waals surface area (Å²) in [7, 11) is 1.76. The number of piperazine rings is 1. The number of hydrogen-bond donors (Lipinski definition) is 1. The van der Waals surface area contributed by atoms with E-state index in [0.717, 1.165) is 71.2 Å². The maximum Gasteiger partial charge on any atom is 0.307 e. The van der Waals surface area contributed by atoms with Crippen LogP contribution < -0.4 is 9.64 Å². The van der Waals surface area contributed by atoms with E-state index < -0.39 is 5.97 Å². The monoisotopic (exact) mass is 602 g/mol. The van der Waals surface area contributed by atoms with Crippen LogP contribution in [0.1, 0.15) is 46.8 Å². The van der Waals surface area contributed by atoms with Crippen molar-refractivity contribution in [1.29, 1.82) is 0 Å². The number of aliphatic carboxylic acids is 1. The van der Waals surface area contributed by atoms with Gasteiger partial charge in [-0.3, -0.25) is 14.4 Å². The summed E-state index contributed by atoms with van der Waals surface area (Å²) < 4.78 is 6.40. The van der Waals surface area contributed by atoms with Gasteiger partial charge in [-0.15, -0.1) is 11.3 Å². The Morgan fingerprint density at radius 3 is 2.53 bits per heavy atom. The maximum atomic E-state index is 13.1. The van der Waals surface area contributed by atoms with Gasteiger partial charge in [0.25, 0.3) is 5.91 Å². The molecule has 10 heteroatoms. The molecule has 2 bridgehead atoms. The van der Waals surface area contributed by atoms with Gasteiger partial charge in [-0.05, 0) is 73.4 Å². The van der Waals surface area contributed by atoms with Gasteiger partial charge in [-0.25, -0.2) is 4.98 Å². The molecule has 1 aromatic heterocycles. The molecule has 3 heterocycles. The molecule has 3 aliphatic rings. The molecule has 2 aromatic carbocycles. The van der Waals surface area contributed by atoms with E-state index in [0.29, 0.717) is 25.3 Å². The van der Waals surface area contributed by atoms with Crippen LogP contribution in [-0.2, 0) is 22.6 Å². The molecule has 6 rings (SSSR count). The van der Waals surface area contributed by atoms with Crippen LogP contribution in [0.4, 0.5) is 5.13 Å². The molecule has 2 saturated heterocycles. The highest BCUT2D eigenvalue weighted by Gasteiger charge is 2.46. The number of hydrogen-bond acceptors (Lipinski definition) is 7. The number of nitrogens with zero attached hydrogens (tertiary/aromatic N) is 4. The second-order valence-corrected chi connectivity index (χ2v) is 12.9. The Morgan fingerprint density at radius 2 is 1.84 bits per heavy atom. The number of anilines is 1. The number of carbonyl (C=O) groups excluding carboxylic acids is 2. The summed E-state index contributed by atoms with van der Waals surface area (Å²) in [6, 6.07) is 11.8. The minimum atomic E-state index is -0.660. The van der Waals surface area contributed by atoms with Gasteiger partial charge in [0.05, 0.1) is 11.6 Å². The van der Waals surface area contributed by atoms with Crippen LogP contribution in [0.3, 0.4) is 0 Å². The second kappa shape index (κ2) is 12.0. The fourth-order valence-electron chi connectivity index (χ4n) is 6.78. The van der Waals surface area contributed by atoms with Gasteiger partial charge in [0.1, 0.15) is 18.9 Å². The first-order valence-corrected chi connectivity index (χ1v) is 15.9. The number of likely N-dealkylation sites (N-methyl/N-ethyl adjacent to an activating group) is 1. The number of ether oxygens (including phenoxy) is 1. The van der Waals surface area contributed by atoms with Gasteiger partial charge < -0.3 is 24.5 Å². The van der Waals surface area contributed by atoms with E-state index in [4.69, 9.17) is 9.72 Å². The minimum absolute atomic E-state index is 0.0451. The molecule has 0 radical (unpaired) electrons. The molecule has 1 N–H and O–H groups in total. The van der Waals surface area contributed by atoms with Crippen molar-refractivity contribution < 1.29 is 24.2 Å². The number of carbonyl (C=O) groups is 3. The lowest BCUT2D eigenvalue weighted by Gasteiger charge is -2.35. The van der Waals surface area contributed by atoms with E-state index in [1.54, 1.807) is 28.2 Å². The first-order chi connectivity index (χ1) is 20.7. The number of aryl methyl sites for hydroxylation is 2. The maximum absolute atomic E-state index is 13.1. The summed E-state index contributed by atoms with van der Waals surface area (Å²) >= 11 is 1.60. The smallest absolute Gasteiger partial charge is 0.307 e. The van der Waals surface area contributed by atoms with Crippen molar-refractivity contribution in [1.82, 2.24) is 14.8 Å². The molecule has 43 heavy (non-hydrogen) atoms. The number of fused-ring (bicyclic) bond motifs is 2. The number of carboxylic acid groups (broad SMARTS) is 1. The van der Waals surface area contributed by atoms with E-state index in [9.17, 15) is 19.5 Å². The van der Waals surface area contributed by atoms with Gasteiger partial charge in [0.2, 0.25) is 5.91 Å². The van der Waals surface area contributed by atoms with Crippen molar-refractivity contribution in [2.45, 2.75) is 39.7 Å². The number of benzene rings is 2. The Balaban J connectivity index is 1.17. The Kier molecular flexibility index (Phi) is 8.13. The summed E-state index contributed by atoms with van der Waals surface area (Å²) in [5.41, 5.74) is 5.52. The number of thiazole rings is 1. The molecule has 2 aliphatic heterocycles. The summed E-state index contributed by atoms with van der Waals surface area (Å²) in [4.78, 5) is 47.6. The molecule has 1 saturated carbocycles. The van der Waals surface area contributed by atoms with Crippen molar-refractivity contribution in [3.63, 3.8) is 0 Å². The number of amides is 2. The molecule has 1 aliphatic carbocycles. The van der Waals surface area contributed by atoms with Crippen LogP contribution in [0, 0.1) is 24.7 Å². The Labute approximate surface area is 256 Å². The quantitative estimate of drug-likeness (QED) is 0.398. The van der Waals surface area contributed by atoms with Crippen LogP contribution >= 0.6 is 11.3 Å². The Bertz CT molecular complexity index is 1540. The van der Waals surface area contributed by atoms with Gasteiger partial charge in [0.15, 0.2) is 5.13 Å². The van der Waals surface area contributed by atoms with Gasteiger partial charge in [-0.2, -0.15) is 0 Å². The highest BCUT2D eigenvalue weighted by molar-refractivity contribution is 7.14. The molecule has 9 nitrogen and oxygen atoms in total. The number of carboxylic acids is 1. The van der Waals surface area contributed by atoms with E-state index in [-0.39, 0.29) is 36.1 Å². The molecule has 3 atom stereocenters. The third kappa shape index (κ3) is 5.85. The molecule has 2 amide bonds. The predicted molar refractivity (Wildman–Crippen MR) is 166 cm³/mol. The van der Waals surface area contributed by atoms with E-state index in [2.05, 4.69) is 23.3 Å². The second-order valence-electron chi connectivity index (χ2n) is 12.0. The molecule has 3 fully saturated rings. The fourth-order valence-corrected chi connectivity index (χ4v) is 7.63. The lowest BCUT2D eigenvalue weighted by Crippen LogP contribution is -2.50. The van der Waals surface area contributed by atoms with Crippen molar-refractivity contribution in [2.75, 3.05) is 44.7 Å². The molecule has 226 valence electrons. The highest BCUT2D eigenvalue weighted by atomic mass is 32.1. The number of aromatic nitrogens is 1. The van der Waals surface area contributed by atoms with Crippen molar-refractivity contribution in [2.24, 2.45) is 17.8 Å². The van der Waals surface area contributed by atoms with Gasteiger partial charge in [0, 0.05) is 49.7 Å². The molecular formula is C33H38N4O5S. The zero-order valence-corrected chi connectivity index (χ0v) is 25.7. The van der Waals surface area contributed by atoms with Gasteiger partial charge >= 0.3 is 5.97 Å². The molecular weight excluding hydrogens is 564 g/mol. The lowest BCUT2D eigenvalue weighted by molar-refractivity contribution is -0.144. The van der Waals surface area contributed by atoms with Crippen LogP contribution in [0.25, 0.3) is 11.3 Å². The fraction of sp³-hybridized carbons (Fsp3) is 0.455. The first-order valence-electron chi connectivity index (χ1n) is 15.0. The molecule has 1 unspecified atom stereocenters. The topological polar surface area (TPSA) is 103 Å².